The van der Waals surface area contributed by atoms with Crippen LogP contribution in [0.3, 0.4) is 0 Å². The van der Waals surface area contributed by atoms with E-state index in [9.17, 15) is 22.4 Å². The predicted molar refractivity (Wildman–Crippen MR) is 103 cm³/mol. The van der Waals surface area contributed by atoms with Crippen molar-refractivity contribution in [1.29, 1.82) is 0 Å². The normalized spacial score (nSPS) is 15.0. The number of alkyl halides is 3. The zero-order chi connectivity index (χ0) is 22.2. The van der Waals surface area contributed by atoms with Gasteiger partial charge in [0.1, 0.15) is 5.82 Å². The largest absolute Gasteiger partial charge is 0.470 e. The predicted octanol–water partition coefficient (Wildman–Crippen LogP) is 3.99. The van der Waals surface area contributed by atoms with E-state index >= 15 is 0 Å². The van der Waals surface area contributed by atoms with E-state index in [2.05, 4.69) is 14.6 Å². The van der Waals surface area contributed by atoms with Crippen LogP contribution in [0.2, 0.25) is 0 Å². The van der Waals surface area contributed by atoms with Gasteiger partial charge in [0.25, 0.3) is 0 Å². The minimum absolute atomic E-state index is 0.0162. The molecule has 2 aromatic carbocycles. The molecule has 31 heavy (non-hydrogen) atoms. The molecule has 0 saturated carbocycles. The monoisotopic (exact) mass is 434 g/mol. The van der Waals surface area contributed by atoms with Gasteiger partial charge in [-0.25, -0.2) is 4.39 Å². The molecule has 1 aromatic heterocycles. The Kier molecular flexibility index (Phi) is 5.48. The molecular formula is C21H18F4N4O2. The summed E-state index contributed by atoms with van der Waals surface area (Å²) in [6, 6.07) is 12.7. The summed E-state index contributed by atoms with van der Waals surface area (Å²) in [5, 5.41) is 6.28. The molecule has 0 radical (unpaired) electrons. The first-order chi connectivity index (χ1) is 14.7. The number of hydrogen-bond donors (Lipinski definition) is 0. The van der Waals surface area contributed by atoms with Gasteiger partial charge in [-0.05, 0) is 31.3 Å². The van der Waals surface area contributed by atoms with Crippen LogP contribution < -0.4 is 4.90 Å². The fraction of sp³-hybridized carbons (Fsp3) is 0.286. The minimum atomic E-state index is -4.78. The molecule has 0 unspecified atom stereocenters. The average molecular weight is 434 g/mol. The Morgan fingerprint density at radius 3 is 2.45 bits per heavy atom. The number of carbonyl (C=O) groups excluding carboxylic acids is 1. The van der Waals surface area contributed by atoms with Gasteiger partial charge in [0, 0.05) is 29.9 Å². The third-order valence-electron chi connectivity index (χ3n) is 5.04. The summed E-state index contributed by atoms with van der Waals surface area (Å²) >= 11 is 0. The van der Waals surface area contributed by atoms with Gasteiger partial charge < -0.3 is 14.2 Å². The van der Waals surface area contributed by atoms with Crippen LogP contribution in [-0.4, -0.2) is 41.1 Å². The van der Waals surface area contributed by atoms with Crippen LogP contribution in [0.1, 0.15) is 11.5 Å². The van der Waals surface area contributed by atoms with Crippen LogP contribution in [0.25, 0.3) is 11.5 Å². The van der Waals surface area contributed by atoms with Crippen molar-refractivity contribution in [2.45, 2.75) is 12.7 Å². The fourth-order valence-corrected chi connectivity index (χ4v) is 3.41. The summed E-state index contributed by atoms with van der Waals surface area (Å²) in [5.41, 5.74) is 0.865. The van der Waals surface area contributed by atoms with Crippen molar-refractivity contribution in [1.82, 2.24) is 15.1 Å². The standard InChI is InChI=1S/C21H18F4N4O2/c1-28-10-15(11-28)19(30)29(16-5-3-2-4-6-16)12-14-8-7-13(9-17(14)22)18-26-27-20(31-18)21(23,24)25/h2-9,15H,10-12H2,1H3. The highest BCUT2D eigenvalue weighted by Gasteiger charge is 2.38. The first-order valence-electron chi connectivity index (χ1n) is 9.47. The van der Waals surface area contributed by atoms with Crippen LogP contribution >= 0.6 is 0 Å². The van der Waals surface area contributed by atoms with E-state index in [-0.39, 0.29) is 29.5 Å². The van der Waals surface area contributed by atoms with E-state index in [1.807, 2.05) is 18.0 Å². The highest BCUT2D eigenvalue weighted by Crippen LogP contribution is 2.31. The maximum atomic E-state index is 14.8. The van der Waals surface area contributed by atoms with Crippen LogP contribution in [0, 0.1) is 11.7 Å². The van der Waals surface area contributed by atoms with Crippen LogP contribution in [0.15, 0.2) is 52.9 Å². The zero-order valence-corrected chi connectivity index (χ0v) is 16.4. The van der Waals surface area contributed by atoms with Crippen molar-refractivity contribution in [3.8, 4) is 11.5 Å². The molecule has 2 heterocycles. The van der Waals surface area contributed by atoms with Crippen molar-refractivity contribution in [3.63, 3.8) is 0 Å². The van der Waals surface area contributed by atoms with Gasteiger partial charge in [0.2, 0.25) is 11.8 Å². The van der Waals surface area contributed by atoms with Crippen LogP contribution in [0.4, 0.5) is 23.2 Å². The number of halogens is 4. The quantitative estimate of drug-likeness (QED) is 0.569. The summed E-state index contributed by atoms with van der Waals surface area (Å²) in [6.45, 7) is 1.23. The first-order valence-corrected chi connectivity index (χ1v) is 9.47. The lowest BCUT2D eigenvalue weighted by molar-refractivity contribution is -0.157. The number of anilines is 1. The molecule has 0 bridgehead atoms. The summed E-state index contributed by atoms with van der Waals surface area (Å²) in [6.07, 6.45) is -4.78. The molecule has 6 nitrogen and oxygen atoms in total. The molecular weight excluding hydrogens is 416 g/mol. The fourth-order valence-electron chi connectivity index (χ4n) is 3.41. The Hall–Kier alpha value is -3.27. The molecule has 1 aliphatic heterocycles. The lowest BCUT2D eigenvalue weighted by Gasteiger charge is -2.38. The number of nitrogens with zero attached hydrogens (tertiary/aromatic N) is 4. The second-order valence-electron chi connectivity index (χ2n) is 7.39. The van der Waals surface area contributed by atoms with E-state index < -0.39 is 23.8 Å². The van der Waals surface area contributed by atoms with Crippen molar-refractivity contribution < 1.29 is 26.8 Å². The number of aromatic nitrogens is 2. The van der Waals surface area contributed by atoms with E-state index in [1.54, 1.807) is 24.3 Å². The van der Waals surface area contributed by atoms with Crippen molar-refractivity contribution in [3.05, 3.63) is 65.8 Å². The van der Waals surface area contributed by atoms with E-state index in [0.29, 0.717) is 18.8 Å². The maximum Gasteiger partial charge on any atom is 0.470 e. The molecule has 0 atom stereocenters. The van der Waals surface area contributed by atoms with Gasteiger partial charge in [-0.1, -0.05) is 24.3 Å². The minimum Gasteiger partial charge on any atom is -0.413 e. The molecule has 1 saturated heterocycles. The Balaban J connectivity index is 1.59. The SMILES string of the molecule is CN1CC(C(=O)N(Cc2ccc(-c3nnc(C(F)(F)F)o3)cc2F)c2ccccc2)C1. The van der Waals surface area contributed by atoms with E-state index in [1.165, 1.54) is 17.0 Å². The molecule has 0 spiro atoms. The van der Waals surface area contributed by atoms with E-state index in [4.69, 9.17) is 0 Å². The van der Waals surface area contributed by atoms with Gasteiger partial charge in [-0.15, -0.1) is 10.2 Å². The van der Waals surface area contributed by atoms with E-state index in [0.717, 1.165) is 6.07 Å². The van der Waals surface area contributed by atoms with Crippen LogP contribution in [0.5, 0.6) is 0 Å². The third kappa shape index (κ3) is 4.43. The Labute approximate surface area is 175 Å². The summed E-state index contributed by atoms with van der Waals surface area (Å²) in [5.74, 6) is -2.92. The topological polar surface area (TPSA) is 62.5 Å². The number of carbonyl (C=O) groups is 1. The number of hydrogen-bond acceptors (Lipinski definition) is 5. The molecule has 10 heteroatoms. The molecule has 1 aliphatic rings. The summed E-state index contributed by atoms with van der Waals surface area (Å²) in [7, 11) is 1.91. The molecule has 1 fully saturated rings. The highest BCUT2D eigenvalue weighted by atomic mass is 19.4. The molecule has 162 valence electrons. The molecule has 0 aliphatic carbocycles. The second-order valence-corrected chi connectivity index (χ2v) is 7.39. The number of para-hydroxylation sites is 1. The maximum absolute atomic E-state index is 14.8. The Morgan fingerprint density at radius 1 is 1.16 bits per heavy atom. The molecule has 4 rings (SSSR count). The van der Waals surface area contributed by atoms with Crippen molar-refractivity contribution in [2.75, 3.05) is 25.0 Å². The van der Waals surface area contributed by atoms with Gasteiger partial charge >= 0.3 is 12.1 Å². The smallest absolute Gasteiger partial charge is 0.413 e. The Morgan fingerprint density at radius 2 is 1.87 bits per heavy atom. The number of likely N-dealkylation sites (tertiary alicyclic amines) is 1. The molecule has 3 aromatic rings. The van der Waals surface area contributed by atoms with Gasteiger partial charge in [-0.3, -0.25) is 4.79 Å². The Bertz CT molecular complexity index is 1080. The van der Waals surface area contributed by atoms with Gasteiger partial charge in [-0.2, -0.15) is 13.2 Å². The number of amides is 1. The lowest BCUT2D eigenvalue weighted by atomic mass is 9.98. The zero-order valence-electron chi connectivity index (χ0n) is 16.4. The van der Waals surface area contributed by atoms with Crippen molar-refractivity contribution >= 4 is 11.6 Å². The lowest BCUT2D eigenvalue weighted by Crippen LogP contribution is -2.52. The second kappa shape index (κ2) is 8.10. The van der Waals surface area contributed by atoms with Crippen molar-refractivity contribution in [2.24, 2.45) is 5.92 Å². The number of rotatable bonds is 5. The van der Waals surface area contributed by atoms with Gasteiger partial charge in [0.05, 0.1) is 12.5 Å². The van der Waals surface area contributed by atoms with Gasteiger partial charge in [0.15, 0.2) is 0 Å². The molecule has 1 amide bonds. The average Bonchev–Trinajstić information content (AvgIpc) is 3.21. The number of benzene rings is 2. The highest BCUT2D eigenvalue weighted by molar-refractivity contribution is 5.95. The summed E-state index contributed by atoms with van der Waals surface area (Å²) in [4.78, 5) is 16.5. The first kappa shape index (κ1) is 21.0. The third-order valence-corrected chi connectivity index (χ3v) is 5.04. The molecule has 0 N–H and O–H groups in total. The summed E-state index contributed by atoms with van der Waals surface area (Å²) < 4.78 is 57.4. The van der Waals surface area contributed by atoms with Crippen LogP contribution in [-0.2, 0) is 17.5 Å².